The molecule has 1 aromatic carbocycles. The largest absolute Gasteiger partial charge is 0.452 e. The van der Waals surface area contributed by atoms with E-state index in [1.54, 1.807) is 10.7 Å². The summed E-state index contributed by atoms with van der Waals surface area (Å²) in [5.41, 5.74) is 7.89. The Labute approximate surface area is 159 Å². The number of rotatable bonds is 6. The van der Waals surface area contributed by atoms with Crippen LogP contribution in [-0.2, 0) is 11.4 Å². The van der Waals surface area contributed by atoms with Crippen LogP contribution in [0.25, 0.3) is 0 Å². The van der Waals surface area contributed by atoms with Crippen molar-refractivity contribution in [2.24, 2.45) is 10.9 Å². The minimum absolute atomic E-state index is 0.0308. The summed E-state index contributed by atoms with van der Waals surface area (Å²) in [5.74, 6) is -0.413. The van der Waals surface area contributed by atoms with Crippen LogP contribution in [0.2, 0.25) is 0 Å². The van der Waals surface area contributed by atoms with Crippen LogP contribution in [0.5, 0.6) is 0 Å². The fraction of sp³-hybridized carbons (Fsp3) is 0.167. The van der Waals surface area contributed by atoms with Gasteiger partial charge in [-0.3, -0.25) is 14.8 Å². The molecule has 3 aromatic rings. The van der Waals surface area contributed by atoms with Gasteiger partial charge in [-0.05, 0) is 44.2 Å². The van der Waals surface area contributed by atoms with E-state index in [0.717, 1.165) is 11.4 Å². The van der Waals surface area contributed by atoms with Crippen LogP contribution in [0.1, 0.15) is 33.3 Å². The Bertz CT molecular complexity index is 1050. The molecule has 144 valence electrons. The molecule has 0 unspecified atom stereocenters. The zero-order valence-corrected chi connectivity index (χ0v) is 15.2. The van der Waals surface area contributed by atoms with Crippen molar-refractivity contribution < 1.29 is 19.0 Å². The highest BCUT2D eigenvalue weighted by Gasteiger charge is 2.15. The number of hydrogen-bond donors (Lipinski definition) is 1. The van der Waals surface area contributed by atoms with Gasteiger partial charge in [0.15, 0.2) is 5.84 Å². The maximum absolute atomic E-state index is 12.1. The summed E-state index contributed by atoms with van der Waals surface area (Å²) in [4.78, 5) is 27.0. The Kier molecular flexibility index (Phi) is 5.21. The van der Waals surface area contributed by atoms with Gasteiger partial charge < -0.3 is 15.0 Å². The Balaban J connectivity index is 1.64. The molecular weight excluding hydrogens is 366 g/mol. The van der Waals surface area contributed by atoms with Gasteiger partial charge in [0.1, 0.15) is 5.76 Å². The number of nitrogens with two attached hydrogens (primary N) is 1. The zero-order valence-electron chi connectivity index (χ0n) is 15.2. The Hall–Kier alpha value is -3.95. The first-order chi connectivity index (χ1) is 13.3. The van der Waals surface area contributed by atoms with Crippen LogP contribution in [0.15, 0.2) is 52.0 Å². The van der Waals surface area contributed by atoms with E-state index < -0.39 is 10.9 Å². The molecule has 0 aliphatic heterocycles. The number of benzene rings is 1. The summed E-state index contributed by atoms with van der Waals surface area (Å²) in [6, 6.07) is 10.4. The molecule has 0 bridgehead atoms. The third-order valence-electron chi connectivity index (χ3n) is 3.87. The minimum atomic E-state index is -0.815. The van der Waals surface area contributed by atoms with Gasteiger partial charge in [-0.2, -0.15) is 5.10 Å². The standard InChI is InChI=1S/C18H17N5O5/c1-11-9-12(2)22(20-11)10-15-7-8-16(27-15)18(24)28-21-17(19)13-3-5-14(6-4-13)23(25)26/h3-9H,10H2,1-2H3,(H2,19,21). The summed E-state index contributed by atoms with van der Waals surface area (Å²) in [6.07, 6.45) is 0. The second kappa shape index (κ2) is 7.74. The van der Waals surface area contributed by atoms with Crippen LogP contribution >= 0.6 is 0 Å². The molecule has 2 N–H and O–H groups in total. The van der Waals surface area contributed by atoms with Crippen LogP contribution in [-0.4, -0.2) is 26.5 Å². The van der Waals surface area contributed by atoms with Gasteiger partial charge in [0.05, 0.1) is 17.2 Å². The second-order valence-corrected chi connectivity index (χ2v) is 6.01. The predicted octanol–water partition coefficient (Wildman–Crippen LogP) is 2.53. The van der Waals surface area contributed by atoms with Crippen molar-refractivity contribution in [2.45, 2.75) is 20.4 Å². The molecule has 10 nitrogen and oxygen atoms in total. The molecule has 0 amide bonds. The number of non-ortho nitro benzene ring substituents is 1. The number of carbonyl (C=O) groups is 1. The predicted molar refractivity (Wildman–Crippen MR) is 98.7 cm³/mol. The molecule has 0 saturated heterocycles. The fourth-order valence-corrected chi connectivity index (χ4v) is 2.50. The van der Waals surface area contributed by atoms with E-state index in [1.807, 2.05) is 19.9 Å². The SMILES string of the molecule is Cc1cc(C)n(Cc2ccc(C(=O)O/N=C(\N)c3ccc([N+](=O)[O-])cc3)o2)n1. The molecule has 0 spiro atoms. The topological polar surface area (TPSA) is 139 Å². The van der Waals surface area contributed by atoms with E-state index in [-0.39, 0.29) is 17.3 Å². The van der Waals surface area contributed by atoms with Crippen LogP contribution in [0.3, 0.4) is 0 Å². The number of hydrogen-bond acceptors (Lipinski definition) is 7. The Morgan fingerprint density at radius 1 is 1.29 bits per heavy atom. The normalized spacial score (nSPS) is 11.4. The number of aryl methyl sites for hydroxylation is 2. The number of carbonyl (C=O) groups excluding carboxylic acids is 1. The van der Waals surface area contributed by atoms with Gasteiger partial charge in [0, 0.05) is 23.4 Å². The van der Waals surface area contributed by atoms with Crippen molar-refractivity contribution in [3.8, 4) is 0 Å². The number of oxime groups is 1. The molecule has 0 saturated carbocycles. The van der Waals surface area contributed by atoms with E-state index in [2.05, 4.69) is 10.3 Å². The average Bonchev–Trinajstić information content (AvgIpc) is 3.26. The van der Waals surface area contributed by atoms with Gasteiger partial charge in [-0.1, -0.05) is 5.16 Å². The molecule has 10 heteroatoms. The molecule has 28 heavy (non-hydrogen) atoms. The lowest BCUT2D eigenvalue weighted by molar-refractivity contribution is -0.384. The van der Waals surface area contributed by atoms with Crippen molar-refractivity contribution in [1.82, 2.24) is 9.78 Å². The zero-order chi connectivity index (χ0) is 20.3. The first-order valence-electron chi connectivity index (χ1n) is 8.23. The number of furan rings is 1. The highest BCUT2D eigenvalue weighted by molar-refractivity contribution is 5.98. The summed E-state index contributed by atoms with van der Waals surface area (Å²) in [6.45, 7) is 4.19. The van der Waals surface area contributed by atoms with Gasteiger partial charge in [-0.15, -0.1) is 0 Å². The van der Waals surface area contributed by atoms with Crippen molar-refractivity contribution in [2.75, 3.05) is 0 Å². The van der Waals surface area contributed by atoms with Gasteiger partial charge >= 0.3 is 5.97 Å². The fourth-order valence-electron chi connectivity index (χ4n) is 2.50. The lowest BCUT2D eigenvalue weighted by Gasteiger charge is -2.01. The second-order valence-electron chi connectivity index (χ2n) is 6.01. The molecule has 2 aromatic heterocycles. The number of nitro benzene ring substituents is 1. The van der Waals surface area contributed by atoms with E-state index in [9.17, 15) is 14.9 Å². The number of nitrogens with zero attached hydrogens (tertiary/aromatic N) is 4. The van der Waals surface area contributed by atoms with Gasteiger partial charge in [-0.25, -0.2) is 4.79 Å². The van der Waals surface area contributed by atoms with Crippen molar-refractivity contribution >= 4 is 17.5 Å². The van der Waals surface area contributed by atoms with Gasteiger partial charge in [0.2, 0.25) is 5.76 Å². The number of amidine groups is 1. The highest BCUT2D eigenvalue weighted by atomic mass is 16.7. The summed E-state index contributed by atoms with van der Waals surface area (Å²) in [5, 5.41) is 18.5. The van der Waals surface area contributed by atoms with Crippen LogP contribution < -0.4 is 5.73 Å². The third-order valence-corrected chi connectivity index (χ3v) is 3.87. The van der Waals surface area contributed by atoms with Crippen molar-refractivity contribution in [3.05, 3.63) is 81.1 Å². The molecule has 0 fully saturated rings. The van der Waals surface area contributed by atoms with Crippen LogP contribution in [0.4, 0.5) is 5.69 Å². The molecule has 0 atom stereocenters. The molecule has 3 rings (SSSR count). The van der Waals surface area contributed by atoms with Crippen molar-refractivity contribution in [1.29, 1.82) is 0 Å². The summed E-state index contributed by atoms with van der Waals surface area (Å²) >= 11 is 0. The van der Waals surface area contributed by atoms with E-state index in [0.29, 0.717) is 17.9 Å². The first-order valence-corrected chi connectivity index (χ1v) is 8.23. The quantitative estimate of drug-likeness (QED) is 0.227. The molecule has 2 heterocycles. The average molecular weight is 383 g/mol. The number of nitro groups is 1. The Morgan fingerprint density at radius 2 is 2.00 bits per heavy atom. The van der Waals surface area contributed by atoms with Crippen LogP contribution in [0, 0.1) is 24.0 Å². The lowest BCUT2D eigenvalue weighted by atomic mass is 10.2. The summed E-state index contributed by atoms with van der Waals surface area (Å²) < 4.78 is 7.23. The highest BCUT2D eigenvalue weighted by Crippen LogP contribution is 2.14. The van der Waals surface area contributed by atoms with Gasteiger partial charge in [0.25, 0.3) is 5.69 Å². The van der Waals surface area contributed by atoms with E-state index in [4.69, 9.17) is 15.0 Å². The molecular formula is C18H17N5O5. The van der Waals surface area contributed by atoms with E-state index in [1.165, 1.54) is 30.3 Å². The summed E-state index contributed by atoms with van der Waals surface area (Å²) in [7, 11) is 0. The van der Waals surface area contributed by atoms with E-state index >= 15 is 0 Å². The maximum Gasteiger partial charge on any atom is 0.400 e. The molecule has 0 radical (unpaired) electrons. The van der Waals surface area contributed by atoms with Crippen molar-refractivity contribution in [3.63, 3.8) is 0 Å². The minimum Gasteiger partial charge on any atom is -0.452 e. The number of aromatic nitrogens is 2. The third kappa shape index (κ3) is 4.23. The molecule has 0 aliphatic carbocycles. The Morgan fingerprint density at radius 3 is 2.61 bits per heavy atom. The smallest absolute Gasteiger partial charge is 0.400 e. The monoisotopic (exact) mass is 383 g/mol. The first kappa shape index (κ1) is 18.8. The lowest BCUT2D eigenvalue weighted by Crippen LogP contribution is -2.15. The molecule has 0 aliphatic rings. The maximum atomic E-state index is 12.1.